The van der Waals surface area contributed by atoms with Gasteiger partial charge in [0.2, 0.25) is 0 Å². The number of piperidine rings is 1. The fourth-order valence-electron chi connectivity index (χ4n) is 2.49. The number of amides is 2. The van der Waals surface area contributed by atoms with Gasteiger partial charge in [-0.3, -0.25) is 4.79 Å². The highest BCUT2D eigenvalue weighted by Crippen LogP contribution is 2.22. The molecule has 1 aliphatic rings. The summed E-state index contributed by atoms with van der Waals surface area (Å²) >= 11 is 0. The summed E-state index contributed by atoms with van der Waals surface area (Å²) in [6.07, 6.45) is 2.20. The number of likely N-dealkylation sites (tertiary alicyclic amines) is 1. The monoisotopic (exact) mass is 285 g/mol. The van der Waals surface area contributed by atoms with Crippen molar-refractivity contribution in [3.63, 3.8) is 0 Å². The second kappa shape index (κ2) is 6.92. The molecule has 0 saturated carbocycles. The van der Waals surface area contributed by atoms with E-state index in [1.807, 2.05) is 20.8 Å². The Hall–Kier alpha value is -1.30. The van der Waals surface area contributed by atoms with Crippen molar-refractivity contribution in [1.29, 1.82) is 0 Å². The van der Waals surface area contributed by atoms with E-state index in [0.717, 1.165) is 12.8 Å². The number of carboxylic acid groups (broad SMARTS) is 1. The lowest BCUT2D eigenvalue weighted by Crippen LogP contribution is -2.50. The van der Waals surface area contributed by atoms with Crippen LogP contribution in [0.3, 0.4) is 0 Å². The molecule has 0 aromatic rings. The third-order valence-corrected chi connectivity index (χ3v) is 3.43. The molecular formula is C14H27N3O3. The number of nitrogens with one attached hydrogen (secondary N) is 1. The van der Waals surface area contributed by atoms with E-state index < -0.39 is 5.97 Å². The smallest absolute Gasteiger partial charge is 0.317 e. The van der Waals surface area contributed by atoms with Gasteiger partial charge in [-0.05, 0) is 24.7 Å². The largest absolute Gasteiger partial charge is 0.481 e. The summed E-state index contributed by atoms with van der Waals surface area (Å²) < 4.78 is 0. The molecule has 1 saturated heterocycles. The lowest BCUT2D eigenvalue weighted by Gasteiger charge is -2.33. The van der Waals surface area contributed by atoms with Crippen molar-refractivity contribution in [1.82, 2.24) is 10.2 Å². The zero-order chi connectivity index (χ0) is 15.3. The molecule has 1 rings (SSSR count). The first kappa shape index (κ1) is 16.8. The summed E-state index contributed by atoms with van der Waals surface area (Å²) in [6, 6.07) is -0.341. The maximum Gasteiger partial charge on any atom is 0.317 e. The fraction of sp³-hybridized carbons (Fsp3) is 0.857. The van der Waals surface area contributed by atoms with Crippen molar-refractivity contribution in [3.05, 3.63) is 0 Å². The maximum atomic E-state index is 12.2. The quantitative estimate of drug-likeness (QED) is 0.727. The first-order valence-corrected chi connectivity index (χ1v) is 7.20. The van der Waals surface area contributed by atoms with Crippen LogP contribution in [0.2, 0.25) is 0 Å². The van der Waals surface area contributed by atoms with Crippen LogP contribution in [0.1, 0.15) is 46.5 Å². The number of nitrogens with two attached hydrogens (primary N) is 1. The molecule has 1 aliphatic heterocycles. The van der Waals surface area contributed by atoms with Crippen LogP contribution in [0, 0.1) is 5.41 Å². The molecule has 0 spiro atoms. The predicted octanol–water partition coefficient (Wildman–Crippen LogP) is 1.40. The molecule has 0 aliphatic carbocycles. The van der Waals surface area contributed by atoms with Gasteiger partial charge < -0.3 is 21.1 Å². The number of carbonyl (C=O) groups excluding carboxylic acids is 1. The van der Waals surface area contributed by atoms with Crippen LogP contribution in [0.5, 0.6) is 0 Å². The van der Waals surface area contributed by atoms with Crippen molar-refractivity contribution >= 4 is 12.0 Å². The summed E-state index contributed by atoms with van der Waals surface area (Å²) in [5.74, 6) is -0.889. The van der Waals surface area contributed by atoms with E-state index in [2.05, 4.69) is 5.32 Å². The molecule has 6 heteroatoms. The first-order chi connectivity index (χ1) is 9.17. The zero-order valence-electron chi connectivity index (χ0n) is 12.7. The summed E-state index contributed by atoms with van der Waals surface area (Å²) in [7, 11) is 0. The highest BCUT2D eigenvalue weighted by atomic mass is 16.4. The molecule has 4 N–H and O–H groups in total. The molecule has 1 fully saturated rings. The van der Waals surface area contributed by atoms with Gasteiger partial charge in [0, 0.05) is 25.2 Å². The van der Waals surface area contributed by atoms with Crippen LogP contribution >= 0.6 is 0 Å². The maximum absolute atomic E-state index is 12.2. The van der Waals surface area contributed by atoms with Crippen LogP contribution < -0.4 is 11.1 Å². The topological polar surface area (TPSA) is 95.7 Å². The van der Waals surface area contributed by atoms with Crippen LogP contribution in [-0.2, 0) is 4.79 Å². The summed E-state index contributed by atoms with van der Waals surface area (Å²) in [6.45, 7) is 7.39. The van der Waals surface area contributed by atoms with Crippen LogP contribution in [0.15, 0.2) is 0 Å². The molecule has 0 radical (unpaired) electrons. The van der Waals surface area contributed by atoms with E-state index in [1.165, 1.54) is 0 Å². The number of hydrogen-bond acceptors (Lipinski definition) is 3. The predicted molar refractivity (Wildman–Crippen MR) is 77.4 cm³/mol. The minimum atomic E-state index is -0.889. The van der Waals surface area contributed by atoms with Crippen LogP contribution in [-0.4, -0.2) is 47.2 Å². The third kappa shape index (κ3) is 6.23. The Kier molecular flexibility index (Phi) is 5.80. The Labute approximate surface area is 120 Å². The van der Waals surface area contributed by atoms with Gasteiger partial charge in [0.25, 0.3) is 0 Å². The minimum Gasteiger partial charge on any atom is -0.481 e. The summed E-state index contributed by atoms with van der Waals surface area (Å²) in [4.78, 5) is 24.8. The highest BCUT2D eigenvalue weighted by Gasteiger charge is 2.26. The first-order valence-electron chi connectivity index (χ1n) is 7.20. The Balaban J connectivity index is 2.55. The number of carbonyl (C=O) groups is 2. The number of hydrogen-bond donors (Lipinski definition) is 3. The highest BCUT2D eigenvalue weighted by molar-refractivity contribution is 5.76. The molecule has 20 heavy (non-hydrogen) atoms. The SMILES string of the molecule is CC(C)(C)CC(CC(=O)O)NC(=O)N1CCC(N)CC1. The average molecular weight is 285 g/mol. The number of aliphatic carboxylic acids is 1. The molecule has 0 aromatic carbocycles. The molecule has 0 bridgehead atoms. The third-order valence-electron chi connectivity index (χ3n) is 3.43. The van der Waals surface area contributed by atoms with E-state index in [1.54, 1.807) is 4.90 Å². The van der Waals surface area contributed by atoms with Crippen molar-refractivity contribution in [2.75, 3.05) is 13.1 Å². The number of urea groups is 1. The number of rotatable bonds is 4. The number of carboxylic acids is 1. The molecule has 1 heterocycles. The van der Waals surface area contributed by atoms with Gasteiger partial charge >= 0.3 is 12.0 Å². The Morgan fingerprint density at radius 2 is 1.90 bits per heavy atom. The molecule has 1 atom stereocenters. The molecule has 116 valence electrons. The van der Waals surface area contributed by atoms with E-state index in [9.17, 15) is 9.59 Å². The van der Waals surface area contributed by atoms with Crippen molar-refractivity contribution in [3.8, 4) is 0 Å². The summed E-state index contributed by atoms with van der Waals surface area (Å²) in [5.41, 5.74) is 5.78. The standard InChI is InChI=1S/C14H27N3O3/c1-14(2,3)9-11(8-12(18)19)16-13(20)17-6-4-10(15)5-7-17/h10-11H,4-9,15H2,1-3H3,(H,16,20)(H,18,19). The van der Waals surface area contributed by atoms with Crippen molar-refractivity contribution < 1.29 is 14.7 Å². The van der Waals surface area contributed by atoms with Gasteiger partial charge in [0.1, 0.15) is 0 Å². The molecular weight excluding hydrogens is 258 g/mol. The van der Waals surface area contributed by atoms with Crippen molar-refractivity contribution in [2.24, 2.45) is 11.1 Å². The fourth-order valence-corrected chi connectivity index (χ4v) is 2.49. The Bertz CT molecular complexity index is 344. The van der Waals surface area contributed by atoms with Crippen LogP contribution in [0.25, 0.3) is 0 Å². The van der Waals surface area contributed by atoms with E-state index >= 15 is 0 Å². The molecule has 0 aromatic heterocycles. The Morgan fingerprint density at radius 1 is 1.35 bits per heavy atom. The Morgan fingerprint density at radius 3 is 2.35 bits per heavy atom. The average Bonchev–Trinajstić information content (AvgIpc) is 2.26. The van der Waals surface area contributed by atoms with Crippen LogP contribution in [0.4, 0.5) is 4.79 Å². The second-order valence-electron chi connectivity index (χ2n) is 6.83. The minimum absolute atomic E-state index is 0.0301. The summed E-state index contributed by atoms with van der Waals surface area (Å²) in [5, 5.41) is 11.8. The van der Waals surface area contributed by atoms with Crippen molar-refractivity contribution in [2.45, 2.75) is 58.5 Å². The lowest BCUT2D eigenvalue weighted by molar-refractivity contribution is -0.137. The zero-order valence-corrected chi connectivity index (χ0v) is 12.7. The van der Waals surface area contributed by atoms with Gasteiger partial charge in [-0.15, -0.1) is 0 Å². The van der Waals surface area contributed by atoms with E-state index in [0.29, 0.717) is 19.5 Å². The van der Waals surface area contributed by atoms with E-state index in [4.69, 9.17) is 10.8 Å². The van der Waals surface area contributed by atoms with Gasteiger partial charge in [0.05, 0.1) is 6.42 Å². The second-order valence-corrected chi connectivity index (χ2v) is 6.83. The molecule has 2 amide bonds. The van der Waals surface area contributed by atoms with Gasteiger partial charge in [-0.2, -0.15) is 0 Å². The normalized spacial score (nSPS) is 18.7. The number of nitrogens with zero attached hydrogens (tertiary/aromatic N) is 1. The van der Waals surface area contributed by atoms with Gasteiger partial charge in [-0.25, -0.2) is 4.79 Å². The van der Waals surface area contributed by atoms with Gasteiger partial charge in [0.15, 0.2) is 0 Å². The lowest BCUT2D eigenvalue weighted by atomic mass is 9.87. The van der Waals surface area contributed by atoms with Gasteiger partial charge in [-0.1, -0.05) is 20.8 Å². The van der Waals surface area contributed by atoms with E-state index in [-0.39, 0.29) is 30.0 Å². The molecule has 1 unspecified atom stereocenters. The molecule has 6 nitrogen and oxygen atoms in total.